The van der Waals surface area contributed by atoms with Gasteiger partial charge in [0.2, 0.25) is 0 Å². The Balaban J connectivity index is 2.90. The monoisotopic (exact) mass is 174 g/mol. The van der Waals surface area contributed by atoms with Gasteiger partial charge in [-0.2, -0.15) is 0 Å². The van der Waals surface area contributed by atoms with E-state index in [1.54, 1.807) is 0 Å². The molecule has 0 saturated heterocycles. The Morgan fingerprint density at radius 1 is 1.69 bits per heavy atom. The van der Waals surface area contributed by atoms with Crippen LogP contribution in [0, 0.1) is 0 Å². The first-order chi connectivity index (χ1) is 6.16. The standard InChI is InChI=1S/C11H15BO/c1-3-5-10(12)9-6-4-7-11(13)8(9)2/h3,5,11,13H,2,4,6-7H2,1H3/b5-3-,10-9+. The minimum atomic E-state index is -0.396. The van der Waals surface area contributed by atoms with Gasteiger partial charge in [0.05, 0.1) is 6.10 Å². The van der Waals surface area contributed by atoms with E-state index in [1.807, 2.05) is 19.1 Å². The third-order valence-corrected chi connectivity index (χ3v) is 2.39. The fourth-order valence-corrected chi connectivity index (χ4v) is 1.62. The topological polar surface area (TPSA) is 20.2 Å². The van der Waals surface area contributed by atoms with Crippen LogP contribution in [0.5, 0.6) is 0 Å². The predicted molar refractivity (Wildman–Crippen MR) is 56.6 cm³/mol. The van der Waals surface area contributed by atoms with E-state index < -0.39 is 6.10 Å². The summed E-state index contributed by atoms with van der Waals surface area (Å²) in [6.07, 6.45) is 6.10. The number of hydrogen-bond acceptors (Lipinski definition) is 1. The van der Waals surface area contributed by atoms with Gasteiger partial charge in [0.25, 0.3) is 0 Å². The van der Waals surface area contributed by atoms with Gasteiger partial charge in [-0.3, -0.25) is 0 Å². The van der Waals surface area contributed by atoms with Crippen LogP contribution < -0.4 is 0 Å². The van der Waals surface area contributed by atoms with Gasteiger partial charge >= 0.3 is 0 Å². The van der Waals surface area contributed by atoms with E-state index in [-0.39, 0.29) is 0 Å². The molecule has 1 saturated carbocycles. The average Bonchev–Trinajstić information content (AvgIpc) is 2.10. The van der Waals surface area contributed by atoms with Crippen molar-refractivity contribution >= 4 is 7.85 Å². The molecule has 1 N–H and O–H groups in total. The highest BCUT2D eigenvalue weighted by Gasteiger charge is 2.19. The number of aliphatic hydroxyl groups is 1. The van der Waals surface area contributed by atoms with Gasteiger partial charge in [0.1, 0.15) is 7.85 Å². The summed E-state index contributed by atoms with van der Waals surface area (Å²) in [6.45, 7) is 5.78. The normalized spacial score (nSPS) is 28.2. The van der Waals surface area contributed by atoms with Crippen molar-refractivity contribution in [2.24, 2.45) is 0 Å². The minimum absolute atomic E-state index is 0.396. The third-order valence-electron chi connectivity index (χ3n) is 2.39. The fraction of sp³-hybridized carbons (Fsp3) is 0.455. The lowest BCUT2D eigenvalue weighted by Gasteiger charge is -2.24. The smallest absolute Gasteiger partial charge is 0.114 e. The minimum Gasteiger partial charge on any atom is -0.388 e. The van der Waals surface area contributed by atoms with Crippen molar-refractivity contribution in [3.8, 4) is 0 Å². The summed E-state index contributed by atoms with van der Waals surface area (Å²) in [5.74, 6) is 0. The quantitative estimate of drug-likeness (QED) is 0.603. The Labute approximate surface area is 81.3 Å². The second-order valence-corrected chi connectivity index (χ2v) is 3.37. The molecule has 0 amide bonds. The van der Waals surface area contributed by atoms with E-state index in [0.717, 1.165) is 35.9 Å². The summed E-state index contributed by atoms with van der Waals surface area (Å²) in [6, 6.07) is 0. The Kier molecular flexibility index (Phi) is 3.55. The SMILES string of the molecule is [B]C(/C=C\C)=C1\CCCC(O)C1=C. The summed E-state index contributed by atoms with van der Waals surface area (Å²) < 4.78 is 0. The molecular weight excluding hydrogens is 159 g/mol. The van der Waals surface area contributed by atoms with Crippen molar-refractivity contribution in [1.29, 1.82) is 0 Å². The summed E-state index contributed by atoms with van der Waals surface area (Å²) in [7, 11) is 5.83. The van der Waals surface area contributed by atoms with E-state index in [4.69, 9.17) is 7.85 Å². The van der Waals surface area contributed by atoms with Gasteiger partial charge in [-0.1, -0.05) is 24.2 Å². The van der Waals surface area contributed by atoms with Crippen molar-refractivity contribution in [3.05, 3.63) is 35.3 Å². The molecule has 2 heteroatoms. The summed E-state index contributed by atoms with van der Waals surface area (Å²) in [4.78, 5) is 0. The molecule has 0 aliphatic heterocycles. The van der Waals surface area contributed by atoms with Gasteiger partial charge in [-0.25, -0.2) is 0 Å². The van der Waals surface area contributed by atoms with Crippen LogP contribution in [0.4, 0.5) is 0 Å². The zero-order valence-corrected chi connectivity index (χ0v) is 8.09. The molecular formula is C11H15BO. The molecule has 0 heterocycles. The van der Waals surface area contributed by atoms with Crippen LogP contribution in [0.25, 0.3) is 0 Å². The molecule has 1 aliphatic rings. The molecule has 1 fully saturated rings. The van der Waals surface area contributed by atoms with Crippen LogP contribution in [0.3, 0.4) is 0 Å². The van der Waals surface area contributed by atoms with Crippen LogP contribution in [0.1, 0.15) is 26.2 Å². The molecule has 0 bridgehead atoms. The molecule has 2 radical (unpaired) electrons. The Hall–Kier alpha value is -0.755. The van der Waals surface area contributed by atoms with Gasteiger partial charge in [-0.15, -0.1) is 0 Å². The molecule has 1 atom stereocenters. The van der Waals surface area contributed by atoms with E-state index in [2.05, 4.69) is 6.58 Å². The zero-order chi connectivity index (χ0) is 9.84. The summed E-state index contributed by atoms with van der Waals surface area (Å²) >= 11 is 0. The maximum Gasteiger partial charge on any atom is 0.114 e. The van der Waals surface area contributed by atoms with Gasteiger partial charge in [0.15, 0.2) is 0 Å². The number of rotatable bonds is 1. The largest absolute Gasteiger partial charge is 0.388 e. The van der Waals surface area contributed by atoms with Crippen molar-refractivity contribution in [1.82, 2.24) is 0 Å². The highest BCUT2D eigenvalue weighted by molar-refractivity contribution is 6.24. The maximum atomic E-state index is 9.55. The Bertz CT molecular complexity index is 263. The first kappa shape index (κ1) is 10.3. The highest BCUT2D eigenvalue weighted by Crippen LogP contribution is 2.29. The first-order valence-corrected chi connectivity index (χ1v) is 4.65. The predicted octanol–water partition coefficient (Wildman–Crippen LogP) is 2.09. The second kappa shape index (κ2) is 4.47. The molecule has 1 unspecified atom stereocenters. The Morgan fingerprint density at radius 3 is 3.00 bits per heavy atom. The molecule has 0 aromatic heterocycles. The van der Waals surface area contributed by atoms with Crippen molar-refractivity contribution < 1.29 is 5.11 Å². The lowest BCUT2D eigenvalue weighted by atomic mass is 9.79. The Morgan fingerprint density at radius 2 is 2.38 bits per heavy atom. The van der Waals surface area contributed by atoms with Gasteiger partial charge in [0, 0.05) is 0 Å². The maximum absolute atomic E-state index is 9.55. The first-order valence-electron chi connectivity index (χ1n) is 4.65. The van der Waals surface area contributed by atoms with Crippen LogP contribution in [-0.4, -0.2) is 19.1 Å². The summed E-state index contributed by atoms with van der Waals surface area (Å²) in [5.41, 5.74) is 2.56. The van der Waals surface area contributed by atoms with Crippen molar-refractivity contribution in [3.63, 3.8) is 0 Å². The van der Waals surface area contributed by atoms with Crippen LogP contribution in [0.15, 0.2) is 35.3 Å². The molecule has 1 rings (SSSR count). The van der Waals surface area contributed by atoms with Crippen molar-refractivity contribution in [2.75, 3.05) is 0 Å². The molecule has 68 valence electrons. The molecule has 0 aromatic carbocycles. The van der Waals surface area contributed by atoms with Gasteiger partial charge < -0.3 is 5.11 Å². The highest BCUT2D eigenvalue weighted by atomic mass is 16.3. The molecule has 0 spiro atoms. The van der Waals surface area contributed by atoms with Crippen LogP contribution in [-0.2, 0) is 0 Å². The van der Waals surface area contributed by atoms with Crippen LogP contribution in [0.2, 0.25) is 0 Å². The van der Waals surface area contributed by atoms with Crippen LogP contribution >= 0.6 is 0 Å². The third kappa shape index (κ3) is 2.34. The molecule has 1 nitrogen and oxygen atoms in total. The molecule has 1 aliphatic carbocycles. The lowest BCUT2D eigenvalue weighted by molar-refractivity contribution is 0.191. The molecule has 13 heavy (non-hydrogen) atoms. The summed E-state index contributed by atoms with van der Waals surface area (Å²) in [5, 5.41) is 9.55. The number of aliphatic hydroxyl groups excluding tert-OH is 1. The van der Waals surface area contributed by atoms with Crippen molar-refractivity contribution in [2.45, 2.75) is 32.3 Å². The number of allylic oxidation sites excluding steroid dienone is 3. The van der Waals surface area contributed by atoms with E-state index in [1.165, 1.54) is 0 Å². The van der Waals surface area contributed by atoms with Gasteiger partial charge in [-0.05, 0) is 37.3 Å². The zero-order valence-electron chi connectivity index (χ0n) is 8.09. The second-order valence-electron chi connectivity index (χ2n) is 3.37. The lowest BCUT2D eigenvalue weighted by Crippen LogP contribution is -2.17. The number of hydrogen-bond donors (Lipinski definition) is 1. The van der Waals surface area contributed by atoms with E-state index in [0.29, 0.717) is 0 Å². The molecule has 0 aromatic rings. The fourth-order valence-electron chi connectivity index (χ4n) is 1.62. The van der Waals surface area contributed by atoms with E-state index in [9.17, 15) is 5.11 Å². The van der Waals surface area contributed by atoms with E-state index >= 15 is 0 Å². The average molecular weight is 174 g/mol.